The third-order valence-corrected chi connectivity index (χ3v) is 0.756. The first-order valence-electron chi connectivity index (χ1n) is 2.27. The van der Waals surface area contributed by atoms with Gasteiger partial charge in [-0.25, -0.2) is 4.79 Å². The molecule has 0 rings (SSSR count). The third kappa shape index (κ3) is 1.94. The average Bonchev–Trinajstić information content (AvgIpc) is 1.90. The molecule has 0 radical (unpaired) electrons. The van der Waals surface area contributed by atoms with Gasteiger partial charge in [0.25, 0.3) is 0 Å². The second kappa shape index (κ2) is 3.65. The number of nitrogens with one attached hydrogen (secondary N) is 1. The smallest absolute Gasteiger partial charge is 0.340 e. The van der Waals surface area contributed by atoms with Gasteiger partial charge in [-0.2, -0.15) is 0 Å². The molecule has 0 aromatic carbocycles. The number of hydrogen-bond acceptors (Lipinski definition) is 4. The van der Waals surface area contributed by atoms with E-state index in [1.165, 1.54) is 7.11 Å². The highest BCUT2D eigenvalue weighted by atomic mass is 16.5. The van der Waals surface area contributed by atoms with E-state index in [2.05, 4.69) is 4.74 Å². The molecule has 0 fully saturated rings. The number of methoxy groups -OCH3 is 1. The van der Waals surface area contributed by atoms with E-state index in [0.717, 1.165) is 12.4 Å². The summed E-state index contributed by atoms with van der Waals surface area (Å²) in [5.74, 6) is -0.590. The summed E-state index contributed by atoms with van der Waals surface area (Å²) in [6.07, 6.45) is 1.87. The summed E-state index contributed by atoms with van der Waals surface area (Å²) < 4.78 is 4.26. The van der Waals surface area contributed by atoms with E-state index in [4.69, 9.17) is 11.1 Å². The zero-order valence-electron chi connectivity index (χ0n) is 5.05. The SMILES string of the molecule is COC(=O)/C(C=N)=C/N. The summed E-state index contributed by atoms with van der Waals surface area (Å²) in [4.78, 5) is 10.5. The molecule has 0 amide bonds. The molecule has 0 aliphatic carbocycles. The topological polar surface area (TPSA) is 76.2 Å². The molecule has 9 heavy (non-hydrogen) atoms. The van der Waals surface area contributed by atoms with Crippen molar-refractivity contribution in [3.8, 4) is 0 Å². The number of carbonyl (C=O) groups excluding carboxylic acids is 1. The first-order chi connectivity index (χ1) is 4.26. The first kappa shape index (κ1) is 7.68. The summed E-state index contributed by atoms with van der Waals surface area (Å²) in [6.45, 7) is 0. The predicted molar refractivity (Wildman–Crippen MR) is 33.1 cm³/mol. The molecule has 0 aromatic heterocycles. The van der Waals surface area contributed by atoms with Crippen LogP contribution in [-0.4, -0.2) is 19.3 Å². The van der Waals surface area contributed by atoms with Crippen LogP contribution in [0.5, 0.6) is 0 Å². The minimum atomic E-state index is -0.590. The van der Waals surface area contributed by atoms with Crippen molar-refractivity contribution in [1.82, 2.24) is 0 Å². The number of ether oxygens (including phenoxy) is 1. The Hall–Kier alpha value is -1.32. The number of esters is 1. The summed E-state index contributed by atoms with van der Waals surface area (Å²) in [5.41, 5.74) is 5.00. The fourth-order valence-corrected chi connectivity index (χ4v) is 0.293. The molecule has 4 nitrogen and oxygen atoms in total. The second-order valence-corrected chi connectivity index (χ2v) is 1.26. The lowest BCUT2D eigenvalue weighted by Gasteiger charge is -1.94. The van der Waals surface area contributed by atoms with Crippen LogP contribution in [0.15, 0.2) is 11.8 Å². The monoisotopic (exact) mass is 128 g/mol. The molecular formula is C5H8N2O2. The van der Waals surface area contributed by atoms with Gasteiger partial charge in [-0.15, -0.1) is 0 Å². The lowest BCUT2D eigenvalue weighted by molar-refractivity contribution is -0.135. The largest absolute Gasteiger partial charge is 0.465 e. The Labute approximate surface area is 52.8 Å². The van der Waals surface area contributed by atoms with Crippen LogP contribution in [0.4, 0.5) is 0 Å². The molecule has 0 aromatic rings. The zero-order chi connectivity index (χ0) is 7.28. The third-order valence-electron chi connectivity index (χ3n) is 0.756. The molecule has 0 saturated carbocycles. The fraction of sp³-hybridized carbons (Fsp3) is 0.200. The summed E-state index contributed by atoms with van der Waals surface area (Å²) in [7, 11) is 1.23. The van der Waals surface area contributed by atoms with Gasteiger partial charge in [0.1, 0.15) is 0 Å². The minimum absolute atomic E-state index is 0.0532. The fourth-order valence-electron chi connectivity index (χ4n) is 0.293. The van der Waals surface area contributed by atoms with Crippen molar-refractivity contribution in [1.29, 1.82) is 5.41 Å². The highest BCUT2D eigenvalue weighted by molar-refractivity contribution is 6.08. The molecule has 0 aliphatic heterocycles. The Morgan fingerprint density at radius 2 is 2.33 bits per heavy atom. The maximum Gasteiger partial charge on any atom is 0.340 e. The van der Waals surface area contributed by atoms with Crippen molar-refractivity contribution in [2.24, 2.45) is 5.73 Å². The van der Waals surface area contributed by atoms with E-state index < -0.39 is 5.97 Å². The van der Waals surface area contributed by atoms with Crippen molar-refractivity contribution < 1.29 is 9.53 Å². The van der Waals surface area contributed by atoms with Crippen molar-refractivity contribution in [3.63, 3.8) is 0 Å². The number of rotatable bonds is 2. The van der Waals surface area contributed by atoms with Gasteiger partial charge < -0.3 is 15.9 Å². The first-order valence-corrected chi connectivity index (χ1v) is 2.27. The van der Waals surface area contributed by atoms with Crippen LogP contribution >= 0.6 is 0 Å². The molecule has 50 valence electrons. The lowest BCUT2D eigenvalue weighted by Crippen LogP contribution is -2.07. The van der Waals surface area contributed by atoms with E-state index >= 15 is 0 Å². The Morgan fingerprint density at radius 1 is 1.78 bits per heavy atom. The quantitative estimate of drug-likeness (QED) is 0.303. The van der Waals surface area contributed by atoms with E-state index in [9.17, 15) is 4.79 Å². The van der Waals surface area contributed by atoms with Crippen LogP contribution in [0.1, 0.15) is 0 Å². The van der Waals surface area contributed by atoms with Crippen LogP contribution in [0.25, 0.3) is 0 Å². The van der Waals surface area contributed by atoms with Crippen LogP contribution in [-0.2, 0) is 9.53 Å². The molecule has 0 spiro atoms. The van der Waals surface area contributed by atoms with E-state index in [1.54, 1.807) is 0 Å². The maximum atomic E-state index is 10.5. The van der Waals surface area contributed by atoms with Crippen molar-refractivity contribution in [2.45, 2.75) is 0 Å². The van der Waals surface area contributed by atoms with Gasteiger partial charge >= 0.3 is 5.97 Å². The van der Waals surface area contributed by atoms with Gasteiger partial charge in [0.15, 0.2) is 0 Å². The van der Waals surface area contributed by atoms with Crippen LogP contribution in [0.3, 0.4) is 0 Å². The molecule has 0 saturated heterocycles. The Morgan fingerprint density at radius 3 is 2.44 bits per heavy atom. The summed E-state index contributed by atoms with van der Waals surface area (Å²) in [5, 5.41) is 6.62. The Balaban J connectivity index is 4.14. The Kier molecular flexibility index (Phi) is 3.12. The van der Waals surface area contributed by atoms with Gasteiger partial charge in [0.2, 0.25) is 0 Å². The van der Waals surface area contributed by atoms with Crippen LogP contribution < -0.4 is 5.73 Å². The van der Waals surface area contributed by atoms with Gasteiger partial charge in [-0.3, -0.25) is 0 Å². The molecule has 0 bridgehead atoms. The minimum Gasteiger partial charge on any atom is -0.465 e. The number of hydrogen-bond donors (Lipinski definition) is 2. The lowest BCUT2D eigenvalue weighted by atomic mass is 10.3. The number of nitrogens with two attached hydrogens (primary N) is 1. The molecular weight excluding hydrogens is 120 g/mol. The zero-order valence-corrected chi connectivity index (χ0v) is 5.05. The van der Waals surface area contributed by atoms with Gasteiger partial charge in [0.05, 0.1) is 12.7 Å². The molecule has 4 heteroatoms. The van der Waals surface area contributed by atoms with Crippen LogP contribution in [0, 0.1) is 5.41 Å². The molecule has 0 atom stereocenters. The van der Waals surface area contributed by atoms with Crippen molar-refractivity contribution in [2.75, 3.05) is 7.11 Å². The molecule has 0 heterocycles. The van der Waals surface area contributed by atoms with E-state index in [1.807, 2.05) is 0 Å². The van der Waals surface area contributed by atoms with Gasteiger partial charge in [0, 0.05) is 12.4 Å². The molecule has 0 unspecified atom stereocenters. The molecule has 3 N–H and O–H groups in total. The molecule has 0 aliphatic rings. The summed E-state index contributed by atoms with van der Waals surface area (Å²) in [6, 6.07) is 0. The summed E-state index contributed by atoms with van der Waals surface area (Å²) >= 11 is 0. The van der Waals surface area contributed by atoms with E-state index in [0.29, 0.717) is 0 Å². The maximum absolute atomic E-state index is 10.5. The van der Waals surface area contributed by atoms with E-state index in [-0.39, 0.29) is 5.57 Å². The standard InChI is InChI=1S/C5H8N2O2/c1-9-5(8)4(2-6)3-7/h2-3,6H,7H2,1H3/b4-3+,6-2?. The average molecular weight is 128 g/mol. The highest BCUT2D eigenvalue weighted by Crippen LogP contribution is 1.88. The van der Waals surface area contributed by atoms with Crippen molar-refractivity contribution in [3.05, 3.63) is 11.8 Å². The van der Waals surface area contributed by atoms with Crippen LogP contribution in [0.2, 0.25) is 0 Å². The highest BCUT2D eigenvalue weighted by Gasteiger charge is 2.02. The normalized spacial score (nSPS) is 10.6. The number of carbonyl (C=O) groups is 1. The van der Waals surface area contributed by atoms with Crippen molar-refractivity contribution >= 4 is 12.2 Å². The second-order valence-electron chi connectivity index (χ2n) is 1.26. The van der Waals surface area contributed by atoms with Gasteiger partial charge in [-0.05, 0) is 0 Å². The predicted octanol–water partition coefficient (Wildman–Crippen LogP) is -0.348. The van der Waals surface area contributed by atoms with Gasteiger partial charge in [-0.1, -0.05) is 0 Å². The Bertz CT molecular complexity index is 151.